The predicted molar refractivity (Wildman–Crippen MR) is 57.7 cm³/mol. The van der Waals surface area contributed by atoms with Crippen LogP contribution in [0.4, 0.5) is 0 Å². The second-order valence-corrected chi connectivity index (χ2v) is 4.04. The standard InChI is InChI=1S/C10H18N4O/c1-2-3-7-14-9(12-13-10(14)15)8-5-4-6-11-8/h8,11H,2-7H2,1H3,(H,13,15)/t8-/m0/s1. The molecule has 15 heavy (non-hydrogen) atoms. The summed E-state index contributed by atoms with van der Waals surface area (Å²) in [6.07, 6.45) is 4.37. The highest BCUT2D eigenvalue weighted by Gasteiger charge is 2.22. The van der Waals surface area contributed by atoms with Crippen molar-refractivity contribution in [3.05, 3.63) is 16.3 Å². The van der Waals surface area contributed by atoms with Crippen molar-refractivity contribution in [2.24, 2.45) is 0 Å². The number of H-pyrrole nitrogens is 1. The fourth-order valence-electron chi connectivity index (χ4n) is 2.03. The topological polar surface area (TPSA) is 62.7 Å². The maximum Gasteiger partial charge on any atom is 0.343 e. The molecule has 1 atom stereocenters. The molecule has 2 heterocycles. The van der Waals surface area contributed by atoms with E-state index in [-0.39, 0.29) is 11.7 Å². The van der Waals surface area contributed by atoms with Crippen molar-refractivity contribution >= 4 is 0 Å². The van der Waals surface area contributed by atoms with Gasteiger partial charge in [-0.1, -0.05) is 13.3 Å². The molecule has 0 aliphatic carbocycles. The van der Waals surface area contributed by atoms with Crippen LogP contribution in [0.25, 0.3) is 0 Å². The van der Waals surface area contributed by atoms with Crippen LogP contribution in [0.5, 0.6) is 0 Å². The van der Waals surface area contributed by atoms with Crippen molar-refractivity contribution in [3.63, 3.8) is 0 Å². The number of aromatic amines is 1. The third-order valence-corrected chi connectivity index (χ3v) is 2.90. The summed E-state index contributed by atoms with van der Waals surface area (Å²) in [5.41, 5.74) is -0.0767. The van der Waals surface area contributed by atoms with Crippen LogP contribution < -0.4 is 11.0 Å². The highest BCUT2D eigenvalue weighted by atomic mass is 16.1. The third kappa shape index (κ3) is 2.12. The lowest BCUT2D eigenvalue weighted by molar-refractivity contribution is 0.523. The lowest BCUT2D eigenvalue weighted by Crippen LogP contribution is -2.23. The van der Waals surface area contributed by atoms with Gasteiger partial charge in [0, 0.05) is 6.54 Å². The van der Waals surface area contributed by atoms with E-state index in [4.69, 9.17) is 0 Å². The van der Waals surface area contributed by atoms with Crippen LogP contribution in [-0.2, 0) is 6.54 Å². The Morgan fingerprint density at radius 3 is 3.13 bits per heavy atom. The van der Waals surface area contributed by atoms with Crippen LogP contribution in [0.3, 0.4) is 0 Å². The number of nitrogens with zero attached hydrogens (tertiary/aromatic N) is 2. The Morgan fingerprint density at radius 2 is 2.47 bits per heavy atom. The summed E-state index contributed by atoms with van der Waals surface area (Å²) < 4.78 is 1.77. The van der Waals surface area contributed by atoms with Gasteiger partial charge in [0.25, 0.3) is 0 Å². The summed E-state index contributed by atoms with van der Waals surface area (Å²) >= 11 is 0. The minimum atomic E-state index is -0.0767. The third-order valence-electron chi connectivity index (χ3n) is 2.90. The van der Waals surface area contributed by atoms with Gasteiger partial charge in [0.2, 0.25) is 0 Å². The van der Waals surface area contributed by atoms with Gasteiger partial charge in [-0.2, -0.15) is 5.10 Å². The molecule has 1 aromatic heterocycles. The first kappa shape index (κ1) is 10.4. The highest BCUT2D eigenvalue weighted by molar-refractivity contribution is 4.97. The monoisotopic (exact) mass is 210 g/mol. The molecule has 1 fully saturated rings. The maximum absolute atomic E-state index is 11.5. The normalized spacial score (nSPS) is 21.0. The molecule has 0 saturated carbocycles. The second-order valence-electron chi connectivity index (χ2n) is 4.04. The van der Waals surface area contributed by atoms with E-state index < -0.39 is 0 Å². The number of hydrogen-bond acceptors (Lipinski definition) is 3. The van der Waals surface area contributed by atoms with Crippen LogP contribution in [0.1, 0.15) is 44.5 Å². The first-order valence-electron chi connectivity index (χ1n) is 5.71. The van der Waals surface area contributed by atoms with E-state index in [1.165, 1.54) is 6.42 Å². The molecular weight excluding hydrogens is 192 g/mol. The number of aromatic nitrogens is 3. The van der Waals surface area contributed by atoms with Crippen LogP contribution in [0, 0.1) is 0 Å². The fourth-order valence-corrected chi connectivity index (χ4v) is 2.03. The summed E-state index contributed by atoms with van der Waals surface area (Å²) in [4.78, 5) is 11.5. The Kier molecular flexibility index (Phi) is 3.20. The molecule has 0 aromatic carbocycles. The van der Waals surface area contributed by atoms with Gasteiger partial charge in [-0.25, -0.2) is 9.89 Å². The van der Waals surface area contributed by atoms with Crippen molar-refractivity contribution in [2.45, 2.75) is 45.2 Å². The van der Waals surface area contributed by atoms with Crippen molar-refractivity contribution < 1.29 is 0 Å². The Morgan fingerprint density at radius 1 is 1.60 bits per heavy atom. The first-order valence-corrected chi connectivity index (χ1v) is 5.71. The van der Waals surface area contributed by atoms with E-state index in [0.29, 0.717) is 0 Å². The van der Waals surface area contributed by atoms with Crippen molar-refractivity contribution in [1.82, 2.24) is 20.1 Å². The summed E-state index contributed by atoms with van der Waals surface area (Å²) in [6.45, 7) is 3.93. The van der Waals surface area contributed by atoms with Crippen LogP contribution in [0.2, 0.25) is 0 Å². The van der Waals surface area contributed by atoms with E-state index >= 15 is 0 Å². The zero-order valence-electron chi connectivity index (χ0n) is 9.12. The van der Waals surface area contributed by atoms with Gasteiger partial charge in [-0.3, -0.25) is 4.57 Å². The molecule has 0 bridgehead atoms. The van der Waals surface area contributed by atoms with Crippen LogP contribution in [-0.4, -0.2) is 21.3 Å². The second kappa shape index (κ2) is 4.61. The number of nitrogens with one attached hydrogen (secondary N) is 2. The summed E-state index contributed by atoms with van der Waals surface area (Å²) in [7, 11) is 0. The molecule has 2 N–H and O–H groups in total. The zero-order valence-corrected chi connectivity index (χ0v) is 9.12. The molecule has 1 aliphatic rings. The molecule has 84 valence electrons. The van der Waals surface area contributed by atoms with E-state index in [1.54, 1.807) is 4.57 Å². The highest BCUT2D eigenvalue weighted by Crippen LogP contribution is 2.19. The largest absolute Gasteiger partial charge is 0.343 e. The summed E-state index contributed by atoms with van der Waals surface area (Å²) in [5.74, 6) is 0.881. The average Bonchev–Trinajstić information content (AvgIpc) is 2.84. The smallest absolute Gasteiger partial charge is 0.307 e. The maximum atomic E-state index is 11.5. The van der Waals surface area contributed by atoms with Crippen LogP contribution in [0.15, 0.2) is 4.79 Å². The van der Waals surface area contributed by atoms with Gasteiger partial charge < -0.3 is 5.32 Å². The minimum absolute atomic E-state index is 0.0767. The summed E-state index contributed by atoms with van der Waals surface area (Å²) in [5, 5.41) is 10.0. The van der Waals surface area contributed by atoms with E-state index in [9.17, 15) is 4.79 Å². The zero-order chi connectivity index (χ0) is 10.7. The van der Waals surface area contributed by atoms with E-state index in [0.717, 1.165) is 38.2 Å². The minimum Gasteiger partial charge on any atom is -0.307 e. The first-order chi connectivity index (χ1) is 7.33. The van der Waals surface area contributed by atoms with Gasteiger partial charge in [-0.05, 0) is 25.8 Å². The molecule has 1 aliphatic heterocycles. The molecule has 0 unspecified atom stereocenters. The molecule has 1 saturated heterocycles. The quantitative estimate of drug-likeness (QED) is 0.772. The van der Waals surface area contributed by atoms with Gasteiger partial charge in [0.05, 0.1) is 6.04 Å². The Labute approximate surface area is 88.9 Å². The molecule has 5 heteroatoms. The molecule has 0 spiro atoms. The average molecular weight is 210 g/mol. The number of rotatable bonds is 4. The van der Waals surface area contributed by atoms with E-state index in [2.05, 4.69) is 22.4 Å². The number of hydrogen-bond donors (Lipinski definition) is 2. The van der Waals surface area contributed by atoms with Gasteiger partial charge >= 0.3 is 5.69 Å². The molecular formula is C10H18N4O. The van der Waals surface area contributed by atoms with E-state index in [1.807, 2.05) is 0 Å². The SMILES string of the molecule is CCCCn1c([C@@H]2CCCN2)n[nH]c1=O. The molecule has 0 amide bonds. The molecule has 1 aromatic rings. The molecule has 5 nitrogen and oxygen atoms in total. The van der Waals surface area contributed by atoms with Crippen molar-refractivity contribution in [2.75, 3.05) is 6.54 Å². The van der Waals surface area contributed by atoms with Gasteiger partial charge in [0.15, 0.2) is 5.82 Å². The van der Waals surface area contributed by atoms with Gasteiger partial charge in [-0.15, -0.1) is 0 Å². The fraction of sp³-hybridized carbons (Fsp3) is 0.800. The summed E-state index contributed by atoms with van der Waals surface area (Å²) in [6, 6.07) is 0.265. The molecule has 2 rings (SSSR count). The Balaban J connectivity index is 2.18. The van der Waals surface area contributed by atoms with Crippen LogP contribution >= 0.6 is 0 Å². The number of unbranched alkanes of at least 4 members (excludes halogenated alkanes) is 1. The Bertz CT molecular complexity index is 362. The Hall–Kier alpha value is -1.10. The van der Waals surface area contributed by atoms with Crippen molar-refractivity contribution in [3.8, 4) is 0 Å². The predicted octanol–water partition coefficient (Wildman–Crippen LogP) is 0.796. The molecule has 0 radical (unpaired) electrons. The lowest BCUT2D eigenvalue weighted by Gasteiger charge is -2.10. The lowest BCUT2D eigenvalue weighted by atomic mass is 10.2. The van der Waals surface area contributed by atoms with Crippen molar-refractivity contribution in [1.29, 1.82) is 0 Å². The van der Waals surface area contributed by atoms with Gasteiger partial charge in [0.1, 0.15) is 0 Å².